The second-order valence-corrected chi connectivity index (χ2v) is 9.06. The van der Waals surface area contributed by atoms with Crippen LogP contribution in [-0.4, -0.2) is 48.5 Å². The van der Waals surface area contributed by atoms with Crippen molar-refractivity contribution in [2.45, 2.75) is 0 Å². The highest BCUT2D eigenvalue weighted by Gasteiger charge is 2.20. The number of carboxylic acids is 3. The molecule has 186 valence electrons. The first-order valence-electron chi connectivity index (χ1n) is 8.71. The molecule has 0 aliphatic rings. The molecule has 0 radical (unpaired) electrons. The molecular formula is C21H13Br2Cl3O9. The molecule has 9 nitrogen and oxygen atoms in total. The molecule has 0 aliphatic carbocycles. The maximum Gasteiger partial charge on any atom is 0.341 e. The van der Waals surface area contributed by atoms with Crippen molar-refractivity contribution in [1.82, 2.24) is 0 Å². The summed E-state index contributed by atoms with van der Waals surface area (Å²) >= 11 is 22.7. The van der Waals surface area contributed by atoms with Crippen molar-refractivity contribution in [2.24, 2.45) is 0 Å². The summed E-state index contributed by atoms with van der Waals surface area (Å²) in [7, 11) is 0. The Bertz CT molecular complexity index is 1260. The number of halogens is 5. The SMILES string of the molecule is O=C(O)c1c(O)c(Cl)cc(Br)c1Cl.O=C(O)c1cc(Br)cc(Cl)c1O.O=C(O)c1ccccc1O. The molecule has 0 aromatic heterocycles. The van der Waals surface area contributed by atoms with Gasteiger partial charge in [-0.15, -0.1) is 0 Å². The standard InChI is InChI=1S/C7H3BrCl2O3.C7H4BrClO3.C7H6O3/c8-2-1-3(9)6(11)4(5(2)10)7(12)13;8-3-1-4(7(11)12)6(10)5(9)2-3;8-6-4-2-1-3-5(6)7(9)10/h1,11H,(H,12,13);1-2,10H,(H,11,12);1-4,8H,(H,9,10). The highest BCUT2D eigenvalue weighted by Crippen LogP contribution is 2.38. The van der Waals surface area contributed by atoms with Crippen LogP contribution in [0.3, 0.4) is 0 Å². The molecule has 0 unspecified atom stereocenters. The van der Waals surface area contributed by atoms with E-state index in [0.29, 0.717) is 8.95 Å². The normalized spacial score (nSPS) is 9.74. The van der Waals surface area contributed by atoms with Crippen LogP contribution in [0.5, 0.6) is 17.2 Å². The molecule has 35 heavy (non-hydrogen) atoms. The minimum absolute atomic E-state index is 0.0155. The van der Waals surface area contributed by atoms with Crippen LogP contribution in [0.4, 0.5) is 0 Å². The van der Waals surface area contributed by atoms with E-state index >= 15 is 0 Å². The monoisotopic (exact) mass is 672 g/mol. The van der Waals surface area contributed by atoms with E-state index in [9.17, 15) is 19.5 Å². The van der Waals surface area contributed by atoms with Gasteiger partial charge < -0.3 is 30.6 Å². The Kier molecular flexibility index (Phi) is 11.6. The van der Waals surface area contributed by atoms with Crippen molar-refractivity contribution in [3.05, 3.63) is 83.2 Å². The van der Waals surface area contributed by atoms with Gasteiger partial charge in [0.2, 0.25) is 0 Å². The van der Waals surface area contributed by atoms with Crippen molar-refractivity contribution in [3.63, 3.8) is 0 Å². The van der Waals surface area contributed by atoms with Gasteiger partial charge in [-0.2, -0.15) is 0 Å². The van der Waals surface area contributed by atoms with Crippen molar-refractivity contribution in [2.75, 3.05) is 0 Å². The van der Waals surface area contributed by atoms with Gasteiger partial charge in [0.05, 0.1) is 15.1 Å². The van der Waals surface area contributed by atoms with E-state index < -0.39 is 35.0 Å². The average Bonchev–Trinajstić information content (AvgIpc) is 2.75. The van der Waals surface area contributed by atoms with Crippen molar-refractivity contribution in [1.29, 1.82) is 0 Å². The number of carbonyl (C=O) groups is 3. The molecule has 0 spiro atoms. The predicted octanol–water partition coefficient (Wildman–Crippen LogP) is 6.76. The quantitative estimate of drug-likeness (QED) is 0.164. The number of hydrogen-bond donors (Lipinski definition) is 6. The topological polar surface area (TPSA) is 173 Å². The summed E-state index contributed by atoms with van der Waals surface area (Å²) in [5.41, 5.74) is -0.682. The van der Waals surface area contributed by atoms with Crippen molar-refractivity contribution < 1.29 is 45.0 Å². The fraction of sp³-hybridized carbons (Fsp3) is 0. The molecule has 6 N–H and O–H groups in total. The summed E-state index contributed by atoms with van der Waals surface area (Å²) in [4.78, 5) is 31.4. The summed E-state index contributed by atoms with van der Waals surface area (Å²) in [6, 6.07) is 9.84. The van der Waals surface area contributed by atoms with Gasteiger partial charge in [-0.1, -0.05) is 62.9 Å². The number of hydrogen-bond acceptors (Lipinski definition) is 6. The van der Waals surface area contributed by atoms with Gasteiger partial charge in [-0.3, -0.25) is 0 Å². The third-order valence-electron chi connectivity index (χ3n) is 3.75. The van der Waals surface area contributed by atoms with Crippen LogP contribution in [0.1, 0.15) is 31.1 Å². The van der Waals surface area contributed by atoms with Gasteiger partial charge in [0.25, 0.3) is 0 Å². The fourth-order valence-corrected chi connectivity index (χ4v) is 3.96. The van der Waals surface area contributed by atoms with Gasteiger partial charge in [-0.05, 0) is 46.3 Å². The van der Waals surface area contributed by atoms with Crippen molar-refractivity contribution >= 4 is 84.6 Å². The highest BCUT2D eigenvalue weighted by atomic mass is 79.9. The highest BCUT2D eigenvalue weighted by molar-refractivity contribution is 9.10. The Hall–Kier alpha value is -2.70. The second kappa shape index (κ2) is 13.4. The van der Waals surface area contributed by atoms with Crippen LogP contribution in [0.25, 0.3) is 0 Å². The lowest BCUT2D eigenvalue weighted by Crippen LogP contribution is -1.98. The van der Waals surface area contributed by atoms with Crippen LogP contribution in [-0.2, 0) is 0 Å². The lowest BCUT2D eigenvalue weighted by atomic mass is 10.2. The number of phenols is 3. The molecule has 14 heteroatoms. The summed E-state index contributed by atoms with van der Waals surface area (Å²) in [5.74, 6) is -4.79. The smallest absolute Gasteiger partial charge is 0.341 e. The molecule has 3 aromatic carbocycles. The lowest BCUT2D eigenvalue weighted by Gasteiger charge is -2.05. The lowest BCUT2D eigenvalue weighted by molar-refractivity contribution is 0.0682. The number of aromatic carboxylic acids is 3. The molecule has 0 bridgehead atoms. The van der Waals surface area contributed by atoms with Crippen LogP contribution < -0.4 is 0 Å². The first-order valence-corrected chi connectivity index (χ1v) is 11.4. The Labute approximate surface area is 229 Å². The van der Waals surface area contributed by atoms with E-state index in [0.717, 1.165) is 0 Å². The Morgan fingerprint density at radius 1 is 0.686 bits per heavy atom. The molecule has 0 fully saturated rings. The molecule has 3 rings (SSSR count). The van der Waals surface area contributed by atoms with Gasteiger partial charge >= 0.3 is 17.9 Å². The van der Waals surface area contributed by atoms with Crippen LogP contribution >= 0.6 is 66.7 Å². The largest absolute Gasteiger partial charge is 0.507 e. The van der Waals surface area contributed by atoms with Crippen LogP contribution in [0, 0.1) is 0 Å². The minimum atomic E-state index is -1.33. The Balaban J connectivity index is 0.000000265. The number of rotatable bonds is 3. The molecular weight excluding hydrogens is 662 g/mol. The summed E-state index contributed by atoms with van der Waals surface area (Å²) in [5, 5.41) is 52.8. The van der Waals surface area contributed by atoms with E-state index in [4.69, 9.17) is 60.3 Å². The van der Waals surface area contributed by atoms with E-state index in [2.05, 4.69) is 31.9 Å². The fourth-order valence-electron chi connectivity index (χ4n) is 2.16. The Morgan fingerprint density at radius 3 is 1.66 bits per heavy atom. The molecule has 0 amide bonds. The van der Waals surface area contributed by atoms with E-state index in [1.807, 2.05) is 0 Å². The molecule has 0 saturated heterocycles. The van der Waals surface area contributed by atoms with Crippen LogP contribution in [0.2, 0.25) is 15.1 Å². The first kappa shape index (κ1) is 30.3. The van der Waals surface area contributed by atoms with Gasteiger partial charge in [-0.25, -0.2) is 14.4 Å². The maximum absolute atomic E-state index is 10.6. The summed E-state index contributed by atoms with van der Waals surface area (Å²) in [6.07, 6.45) is 0. The summed E-state index contributed by atoms with van der Waals surface area (Å²) < 4.78 is 0.845. The van der Waals surface area contributed by atoms with E-state index in [1.54, 1.807) is 12.1 Å². The van der Waals surface area contributed by atoms with Crippen molar-refractivity contribution in [3.8, 4) is 17.2 Å². The first-order chi connectivity index (χ1) is 16.2. The molecule has 0 saturated carbocycles. The maximum atomic E-state index is 10.6. The number of benzene rings is 3. The molecule has 0 aliphatic heterocycles. The molecule has 0 heterocycles. The predicted molar refractivity (Wildman–Crippen MR) is 136 cm³/mol. The zero-order valence-electron chi connectivity index (χ0n) is 16.8. The second-order valence-electron chi connectivity index (χ2n) is 6.09. The average molecular weight is 675 g/mol. The van der Waals surface area contributed by atoms with Gasteiger partial charge in [0, 0.05) is 8.95 Å². The summed E-state index contributed by atoms with van der Waals surface area (Å²) in [6.45, 7) is 0. The van der Waals surface area contributed by atoms with Gasteiger partial charge in [0.1, 0.15) is 33.9 Å². The van der Waals surface area contributed by atoms with Crippen LogP contribution in [0.15, 0.2) is 51.4 Å². The number of para-hydroxylation sites is 1. The van der Waals surface area contributed by atoms with Gasteiger partial charge in [0.15, 0.2) is 0 Å². The number of carboxylic acid groups (broad SMARTS) is 3. The minimum Gasteiger partial charge on any atom is -0.507 e. The zero-order valence-corrected chi connectivity index (χ0v) is 22.3. The molecule has 3 aromatic rings. The zero-order chi connectivity index (χ0) is 27.0. The third-order valence-corrected chi connectivity index (χ3v) is 6.03. The number of aromatic hydroxyl groups is 3. The van der Waals surface area contributed by atoms with E-state index in [-0.39, 0.29) is 31.9 Å². The Morgan fingerprint density at radius 2 is 1.20 bits per heavy atom. The van der Waals surface area contributed by atoms with E-state index in [1.165, 1.54) is 30.3 Å². The third kappa shape index (κ3) is 8.48. The molecule has 0 atom stereocenters.